The van der Waals surface area contributed by atoms with Crippen molar-refractivity contribution in [2.75, 3.05) is 19.7 Å². The number of halogens is 1. The Hall–Kier alpha value is -2.99. The predicted molar refractivity (Wildman–Crippen MR) is 93.5 cm³/mol. The molecule has 3 aromatic rings. The summed E-state index contributed by atoms with van der Waals surface area (Å²) in [6.45, 7) is 1.06. The fraction of sp³-hybridized carbons (Fsp3) is 0.200. The molecule has 2 heterocycles. The third-order valence-corrected chi connectivity index (χ3v) is 4.44. The topological polar surface area (TPSA) is 59.8 Å². The zero-order valence-corrected chi connectivity index (χ0v) is 13.9. The molecule has 0 spiro atoms. The largest absolute Gasteiger partial charge is 0.451 e. The fourth-order valence-electron chi connectivity index (χ4n) is 3.08. The number of nitrogens with zero attached hydrogens (tertiary/aromatic N) is 1. The summed E-state index contributed by atoms with van der Waals surface area (Å²) in [6.07, 6.45) is -0.347. The summed E-state index contributed by atoms with van der Waals surface area (Å²) in [5, 5.41) is 0.440. The maximum Gasteiger partial charge on any atom is 0.289 e. The molecule has 132 valence electrons. The second-order valence-corrected chi connectivity index (χ2v) is 6.13. The van der Waals surface area contributed by atoms with Crippen LogP contribution in [-0.4, -0.2) is 30.5 Å². The summed E-state index contributed by atoms with van der Waals surface area (Å²) < 4.78 is 24.4. The first kappa shape index (κ1) is 16.5. The zero-order valence-electron chi connectivity index (χ0n) is 13.9. The van der Waals surface area contributed by atoms with Crippen LogP contribution in [0, 0.1) is 5.82 Å². The fourth-order valence-corrected chi connectivity index (χ4v) is 3.08. The van der Waals surface area contributed by atoms with E-state index in [4.69, 9.17) is 9.15 Å². The molecule has 1 aromatic heterocycles. The quantitative estimate of drug-likeness (QED) is 0.710. The summed E-state index contributed by atoms with van der Waals surface area (Å²) >= 11 is 0. The molecule has 5 nitrogen and oxygen atoms in total. The van der Waals surface area contributed by atoms with Crippen molar-refractivity contribution in [2.24, 2.45) is 0 Å². The van der Waals surface area contributed by atoms with Crippen molar-refractivity contribution in [3.8, 4) is 0 Å². The van der Waals surface area contributed by atoms with Gasteiger partial charge in [-0.05, 0) is 29.8 Å². The second-order valence-electron chi connectivity index (χ2n) is 6.13. The van der Waals surface area contributed by atoms with E-state index in [2.05, 4.69) is 0 Å². The van der Waals surface area contributed by atoms with E-state index in [1.807, 2.05) is 0 Å². The van der Waals surface area contributed by atoms with Crippen LogP contribution in [-0.2, 0) is 4.74 Å². The van der Waals surface area contributed by atoms with Gasteiger partial charge in [-0.3, -0.25) is 9.59 Å². The third-order valence-electron chi connectivity index (χ3n) is 4.44. The lowest BCUT2D eigenvalue weighted by Crippen LogP contribution is -2.42. The van der Waals surface area contributed by atoms with Crippen LogP contribution in [0.25, 0.3) is 11.0 Å². The molecule has 1 unspecified atom stereocenters. The smallest absolute Gasteiger partial charge is 0.289 e. The van der Waals surface area contributed by atoms with Gasteiger partial charge in [0.25, 0.3) is 5.91 Å². The maximum atomic E-state index is 13.1. The van der Waals surface area contributed by atoms with E-state index in [0.29, 0.717) is 30.7 Å². The first-order valence-corrected chi connectivity index (χ1v) is 8.31. The molecule has 0 radical (unpaired) electrons. The Morgan fingerprint density at radius 3 is 2.69 bits per heavy atom. The Bertz CT molecular complexity index is 1010. The number of amides is 1. The number of hydrogen-bond acceptors (Lipinski definition) is 4. The zero-order chi connectivity index (χ0) is 18.1. The van der Waals surface area contributed by atoms with Crippen molar-refractivity contribution < 1.29 is 18.3 Å². The van der Waals surface area contributed by atoms with Crippen LogP contribution in [0.4, 0.5) is 4.39 Å². The molecule has 0 saturated carbocycles. The van der Waals surface area contributed by atoms with Crippen molar-refractivity contribution in [2.45, 2.75) is 6.10 Å². The average Bonchev–Trinajstić information content (AvgIpc) is 2.68. The SMILES string of the molecule is O=C(c1cc(=O)c2ccccc2o1)N1CCOC(c2ccc(F)cc2)C1. The van der Waals surface area contributed by atoms with Gasteiger partial charge in [-0.15, -0.1) is 0 Å². The van der Waals surface area contributed by atoms with Crippen molar-refractivity contribution >= 4 is 16.9 Å². The first-order valence-electron chi connectivity index (χ1n) is 8.31. The number of morpholine rings is 1. The third kappa shape index (κ3) is 3.11. The Labute approximate surface area is 148 Å². The maximum absolute atomic E-state index is 13.1. The molecule has 1 atom stereocenters. The van der Waals surface area contributed by atoms with Gasteiger partial charge in [-0.25, -0.2) is 4.39 Å². The minimum atomic E-state index is -0.358. The molecule has 4 rings (SSSR count). The van der Waals surface area contributed by atoms with Crippen LogP contribution in [0.2, 0.25) is 0 Å². The van der Waals surface area contributed by atoms with Gasteiger partial charge >= 0.3 is 0 Å². The van der Waals surface area contributed by atoms with Crippen LogP contribution in [0.1, 0.15) is 22.2 Å². The number of ether oxygens (including phenoxy) is 1. The van der Waals surface area contributed by atoms with Crippen molar-refractivity contribution in [1.29, 1.82) is 0 Å². The highest BCUT2D eigenvalue weighted by molar-refractivity contribution is 5.93. The first-order chi connectivity index (χ1) is 12.6. The van der Waals surface area contributed by atoms with Crippen LogP contribution in [0.3, 0.4) is 0 Å². The monoisotopic (exact) mass is 353 g/mol. The molecule has 0 aliphatic carbocycles. The Balaban J connectivity index is 1.59. The predicted octanol–water partition coefficient (Wildman–Crippen LogP) is 3.15. The summed E-state index contributed by atoms with van der Waals surface area (Å²) in [7, 11) is 0. The molecule has 1 aliphatic heterocycles. The van der Waals surface area contributed by atoms with E-state index in [1.165, 1.54) is 18.2 Å². The molecule has 6 heteroatoms. The van der Waals surface area contributed by atoms with Crippen molar-refractivity contribution in [1.82, 2.24) is 4.90 Å². The molecule has 1 amide bonds. The Morgan fingerprint density at radius 1 is 1.12 bits per heavy atom. The summed E-state index contributed by atoms with van der Waals surface area (Å²) in [6, 6.07) is 14.1. The molecule has 0 N–H and O–H groups in total. The second kappa shape index (κ2) is 6.72. The normalized spacial score (nSPS) is 17.4. The van der Waals surface area contributed by atoms with Gasteiger partial charge in [0.05, 0.1) is 18.5 Å². The molecular weight excluding hydrogens is 337 g/mol. The van der Waals surface area contributed by atoms with Crippen molar-refractivity contribution in [3.05, 3.63) is 82.0 Å². The number of hydrogen-bond donors (Lipinski definition) is 0. The molecule has 0 bridgehead atoms. The molecule has 1 aliphatic rings. The van der Waals surface area contributed by atoms with Crippen LogP contribution in [0.15, 0.2) is 63.8 Å². The molecule has 2 aromatic carbocycles. The van der Waals surface area contributed by atoms with Gasteiger partial charge in [0.1, 0.15) is 17.5 Å². The molecular formula is C20H16FNO4. The number of benzene rings is 2. The van der Waals surface area contributed by atoms with Crippen LogP contribution >= 0.6 is 0 Å². The highest BCUT2D eigenvalue weighted by Crippen LogP contribution is 2.24. The number of carbonyl (C=O) groups is 1. The van der Waals surface area contributed by atoms with E-state index in [-0.39, 0.29) is 29.0 Å². The number of rotatable bonds is 2. The molecule has 1 saturated heterocycles. The van der Waals surface area contributed by atoms with Gasteiger partial charge in [-0.1, -0.05) is 24.3 Å². The lowest BCUT2D eigenvalue weighted by Gasteiger charge is -2.32. The van der Waals surface area contributed by atoms with E-state index < -0.39 is 0 Å². The van der Waals surface area contributed by atoms with Gasteiger partial charge in [0.2, 0.25) is 0 Å². The Morgan fingerprint density at radius 2 is 1.88 bits per heavy atom. The van der Waals surface area contributed by atoms with Crippen molar-refractivity contribution in [3.63, 3.8) is 0 Å². The van der Waals surface area contributed by atoms with E-state index in [9.17, 15) is 14.0 Å². The summed E-state index contributed by atoms with van der Waals surface area (Å²) in [5.41, 5.74) is 0.925. The van der Waals surface area contributed by atoms with Gasteiger partial charge in [0, 0.05) is 12.6 Å². The number of para-hydroxylation sites is 1. The van der Waals surface area contributed by atoms with Gasteiger partial charge in [0.15, 0.2) is 11.2 Å². The lowest BCUT2D eigenvalue weighted by atomic mass is 10.1. The van der Waals surface area contributed by atoms with E-state index >= 15 is 0 Å². The summed E-state index contributed by atoms with van der Waals surface area (Å²) in [4.78, 5) is 26.6. The lowest BCUT2D eigenvalue weighted by molar-refractivity contribution is -0.0237. The average molecular weight is 353 g/mol. The minimum absolute atomic E-state index is 0.00783. The minimum Gasteiger partial charge on any atom is -0.451 e. The highest BCUT2D eigenvalue weighted by atomic mass is 19.1. The van der Waals surface area contributed by atoms with Crippen LogP contribution < -0.4 is 5.43 Å². The Kier molecular flexibility index (Phi) is 4.26. The number of fused-ring (bicyclic) bond motifs is 1. The molecule has 1 fully saturated rings. The highest BCUT2D eigenvalue weighted by Gasteiger charge is 2.27. The summed E-state index contributed by atoms with van der Waals surface area (Å²) in [5.74, 6) is -0.674. The molecule has 26 heavy (non-hydrogen) atoms. The van der Waals surface area contributed by atoms with Gasteiger partial charge in [-0.2, -0.15) is 0 Å². The van der Waals surface area contributed by atoms with Crippen LogP contribution in [0.5, 0.6) is 0 Å². The number of carbonyl (C=O) groups excluding carboxylic acids is 1. The van der Waals surface area contributed by atoms with E-state index in [0.717, 1.165) is 5.56 Å². The van der Waals surface area contributed by atoms with E-state index in [1.54, 1.807) is 41.3 Å². The van der Waals surface area contributed by atoms with Gasteiger partial charge < -0.3 is 14.1 Å². The standard InChI is InChI=1S/C20H16FNO4/c21-14-7-5-13(6-8-14)19-12-22(9-10-25-19)20(24)18-11-16(23)15-3-1-2-4-17(15)26-18/h1-8,11,19H,9-10,12H2.